The van der Waals surface area contributed by atoms with Gasteiger partial charge in [-0.1, -0.05) is 28.1 Å². The van der Waals surface area contributed by atoms with Crippen molar-refractivity contribution in [3.05, 3.63) is 39.4 Å². The first-order chi connectivity index (χ1) is 7.95. The molecule has 92 valence electrons. The zero-order valence-corrected chi connectivity index (χ0v) is 10.6. The van der Waals surface area contributed by atoms with E-state index in [1.165, 1.54) is 6.07 Å². The molecular formula is C10H11BrN2O4. The van der Waals surface area contributed by atoms with Gasteiger partial charge in [-0.05, 0) is 12.5 Å². The van der Waals surface area contributed by atoms with Crippen LogP contribution in [0.1, 0.15) is 24.2 Å². The molecule has 6 nitrogen and oxygen atoms in total. The van der Waals surface area contributed by atoms with Crippen LogP contribution in [0.4, 0.5) is 10.5 Å². The normalized spacial score (nSPS) is 11.9. The third-order valence-corrected chi connectivity index (χ3v) is 2.82. The molecule has 0 saturated heterocycles. The Hall–Kier alpha value is -1.63. The molecular weight excluding hydrogens is 292 g/mol. The number of nitro groups is 1. The molecule has 1 aromatic carbocycles. The number of halogens is 1. The lowest BCUT2D eigenvalue weighted by atomic mass is 10.1. The summed E-state index contributed by atoms with van der Waals surface area (Å²) in [6.07, 6.45) is -1.53. The molecule has 0 aliphatic heterocycles. The Balaban J connectivity index is 3.07. The van der Waals surface area contributed by atoms with Crippen LogP contribution < -0.4 is 5.73 Å². The highest BCUT2D eigenvalue weighted by Crippen LogP contribution is 2.26. The number of amides is 1. The summed E-state index contributed by atoms with van der Waals surface area (Å²) in [6, 6.07) is 4.66. The van der Waals surface area contributed by atoms with Crippen LogP contribution >= 0.6 is 15.9 Å². The minimum absolute atomic E-state index is 0.0145. The molecule has 0 fully saturated rings. The number of carbonyl (C=O) groups excluding carboxylic acids is 1. The molecule has 2 N–H and O–H groups in total. The van der Waals surface area contributed by atoms with Crippen LogP contribution in [-0.2, 0) is 10.1 Å². The highest BCUT2D eigenvalue weighted by Gasteiger charge is 2.17. The van der Waals surface area contributed by atoms with Gasteiger partial charge in [0.2, 0.25) is 0 Å². The molecule has 0 heterocycles. The lowest BCUT2D eigenvalue weighted by Crippen LogP contribution is -2.15. The molecule has 1 atom stereocenters. The van der Waals surface area contributed by atoms with Gasteiger partial charge in [-0.25, -0.2) is 4.79 Å². The largest absolute Gasteiger partial charge is 0.442 e. The van der Waals surface area contributed by atoms with Crippen LogP contribution in [0.25, 0.3) is 0 Å². The highest BCUT2D eigenvalue weighted by atomic mass is 79.9. The second kappa shape index (κ2) is 5.62. The minimum Gasteiger partial charge on any atom is -0.442 e. The fourth-order valence-corrected chi connectivity index (χ4v) is 1.83. The quantitative estimate of drug-likeness (QED) is 0.525. The summed E-state index contributed by atoms with van der Waals surface area (Å²) in [6.45, 7) is 1.59. The van der Waals surface area contributed by atoms with E-state index in [2.05, 4.69) is 15.9 Å². The number of nitrogens with two attached hydrogens (primary N) is 1. The molecule has 0 aliphatic carbocycles. The van der Waals surface area contributed by atoms with E-state index >= 15 is 0 Å². The lowest BCUT2D eigenvalue weighted by molar-refractivity contribution is -0.385. The van der Waals surface area contributed by atoms with Crippen molar-refractivity contribution in [2.75, 3.05) is 0 Å². The Morgan fingerprint density at radius 3 is 2.76 bits per heavy atom. The van der Waals surface area contributed by atoms with Crippen molar-refractivity contribution in [1.82, 2.24) is 0 Å². The number of alkyl halides is 1. The van der Waals surface area contributed by atoms with E-state index in [1.807, 2.05) is 0 Å². The summed E-state index contributed by atoms with van der Waals surface area (Å²) in [4.78, 5) is 20.9. The summed E-state index contributed by atoms with van der Waals surface area (Å²) in [5.74, 6) is 0. The van der Waals surface area contributed by atoms with Gasteiger partial charge in [0.05, 0.1) is 4.92 Å². The zero-order chi connectivity index (χ0) is 13.0. The van der Waals surface area contributed by atoms with E-state index in [0.29, 0.717) is 16.5 Å². The summed E-state index contributed by atoms with van der Waals surface area (Å²) in [5.41, 5.74) is 5.96. The molecule has 1 aromatic rings. The molecule has 0 radical (unpaired) electrons. The molecule has 0 bridgehead atoms. The highest BCUT2D eigenvalue weighted by molar-refractivity contribution is 9.08. The first-order valence-corrected chi connectivity index (χ1v) is 5.87. The monoisotopic (exact) mass is 302 g/mol. The van der Waals surface area contributed by atoms with Gasteiger partial charge < -0.3 is 10.5 Å². The maximum Gasteiger partial charge on any atom is 0.405 e. The van der Waals surface area contributed by atoms with Crippen molar-refractivity contribution in [2.24, 2.45) is 5.73 Å². The zero-order valence-electron chi connectivity index (χ0n) is 9.05. The summed E-state index contributed by atoms with van der Waals surface area (Å²) < 4.78 is 4.75. The standard InChI is InChI=1S/C10H11BrN2O4/c1-6(17-10(12)14)7-2-3-8(5-11)9(4-7)13(15)16/h2-4,6H,5H2,1H3,(H2,12,14). The van der Waals surface area contributed by atoms with Crippen molar-refractivity contribution in [2.45, 2.75) is 18.4 Å². The summed E-state index contributed by atoms with van der Waals surface area (Å²) >= 11 is 3.17. The van der Waals surface area contributed by atoms with E-state index in [1.54, 1.807) is 19.1 Å². The second-order valence-electron chi connectivity index (χ2n) is 3.36. The van der Waals surface area contributed by atoms with Crippen LogP contribution in [0, 0.1) is 10.1 Å². The van der Waals surface area contributed by atoms with Gasteiger partial charge in [0, 0.05) is 17.0 Å². The van der Waals surface area contributed by atoms with Crippen LogP contribution in [0.3, 0.4) is 0 Å². The van der Waals surface area contributed by atoms with Crippen molar-refractivity contribution >= 4 is 27.7 Å². The number of carbonyl (C=O) groups is 1. The third kappa shape index (κ3) is 3.42. The maximum atomic E-state index is 10.8. The smallest absolute Gasteiger partial charge is 0.405 e. The number of hydrogen-bond donors (Lipinski definition) is 1. The average Bonchev–Trinajstić information content (AvgIpc) is 2.27. The number of rotatable bonds is 4. The number of hydrogen-bond acceptors (Lipinski definition) is 4. The number of nitro benzene ring substituents is 1. The Morgan fingerprint density at radius 2 is 2.29 bits per heavy atom. The first kappa shape index (κ1) is 13.4. The number of nitrogens with zero attached hydrogens (tertiary/aromatic N) is 1. The number of ether oxygens (including phenoxy) is 1. The molecule has 0 aliphatic rings. The van der Waals surface area contributed by atoms with Crippen molar-refractivity contribution in [3.8, 4) is 0 Å². The summed E-state index contributed by atoms with van der Waals surface area (Å²) in [5, 5.41) is 11.2. The fourth-order valence-electron chi connectivity index (χ4n) is 1.36. The molecule has 1 amide bonds. The van der Waals surface area contributed by atoms with Gasteiger partial charge in [0.15, 0.2) is 0 Å². The van der Waals surface area contributed by atoms with E-state index in [0.717, 1.165) is 0 Å². The topological polar surface area (TPSA) is 95.5 Å². The lowest BCUT2D eigenvalue weighted by Gasteiger charge is -2.12. The molecule has 7 heteroatoms. The Bertz CT molecular complexity index is 450. The van der Waals surface area contributed by atoms with Gasteiger partial charge in [-0.15, -0.1) is 0 Å². The van der Waals surface area contributed by atoms with E-state index in [-0.39, 0.29) is 5.69 Å². The van der Waals surface area contributed by atoms with Crippen molar-refractivity contribution < 1.29 is 14.5 Å². The molecule has 17 heavy (non-hydrogen) atoms. The van der Waals surface area contributed by atoms with Crippen molar-refractivity contribution in [1.29, 1.82) is 0 Å². The fraction of sp³-hybridized carbons (Fsp3) is 0.300. The minimum atomic E-state index is -0.912. The Morgan fingerprint density at radius 1 is 1.65 bits per heavy atom. The number of benzene rings is 1. The number of primary amides is 1. The Labute approximate surface area is 106 Å². The molecule has 1 rings (SSSR count). The molecule has 0 aromatic heterocycles. The van der Waals surface area contributed by atoms with Crippen molar-refractivity contribution in [3.63, 3.8) is 0 Å². The maximum absolute atomic E-state index is 10.8. The SMILES string of the molecule is CC(OC(N)=O)c1ccc(CBr)c([N+](=O)[O-])c1. The molecule has 0 saturated carbocycles. The second-order valence-corrected chi connectivity index (χ2v) is 3.92. The van der Waals surface area contributed by atoms with E-state index in [4.69, 9.17) is 10.5 Å². The van der Waals surface area contributed by atoms with Gasteiger partial charge >= 0.3 is 6.09 Å². The predicted octanol–water partition coefficient (Wildman–Crippen LogP) is 2.65. The van der Waals surface area contributed by atoms with Crippen LogP contribution in [0.15, 0.2) is 18.2 Å². The average molecular weight is 303 g/mol. The third-order valence-electron chi connectivity index (χ3n) is 2.21. The summed E-state index contributed by atoms with van der Waals surface area (Å²) in [7, 11) is 0. The van der Waals surface area contributed by atoms with Crippen LogP contribution in [0.2, 0.25) is 0 Å². The van der Waals surface area contributed by atoms with Gasteiger partial charge in [-0.2, -0.15) is 0 Å². The van der Waals surface area contributed by atoms with E-state index in [9.17, 15) is 14.9 Å². The van der Waals surface area contributed by atoms with Gasteiger partial charge in [0.1, 0.15) is 6.10 Å². The van der Waals surface area contributed by atoms with Gasteiger partial charge in [-0.3, -0.25) is 10.1 Å². The first-order valence-electron chi connectivity index (χ1n) is 4.75. The van der Waals surface area contributed by atoms with Crippen LogP contribution in [-0.4, -0.2) is 11.0 Å². The van der Waals surface area contributed by atoms with E-state index < -0.39 is 17.1 Å². The molecule has 1 unspecified atom stereocenters. The van der Waals surface area contributed by atoms with Crippen LogP contribution in [0.5, 0.6) is 0 Å². The predicted molar refractivity (Wildman–Crippen MR) is 64.8 cm³/mol. The Kier molecular flexibility index (Phi) is 4.45. The molecule has 0 spiro atoms. The van der Waals surface area contributed by atoms with Gasteiger partial charge in [0.25, 0.3) is 5.69 Å².